The van der Waals surface area contributed by atoms with E-state index in [2.05, 4.69) is 48.3 Å². The smallest absolute Gasteiger partial charge is 0.150 e. The summed E-state index contributed by atoms with van der Waals surface area (Å²) in [5.74, 6) is 0.915. The number of nitrogens with zero attached hydrogens (tertiary/aromatic N) is 2. The Bertz CT molecular complexity index is 490. The summed E-state index contributed by atoms with van der Waals surface area (Å²) in [6, 6.07) is 10.4. The number of hydrogen-bond donors (Lipinski definition) is 0. The van der Waals surface area contributed by atoms with Crippen molar-refractivity contribution in [3.8, 4) is 0 Å². The van der Waals surface area contributed by atoms with Crippen LogP contribution in [0.25, 0.3) is 0 Å². The summed E-state index contributed by atoms with van der Waals surface area (Å²) in [6.07, 6.45) is 0. The molecule has 1 aromatic heterocycles. The van der Waals surface area contributed by atoms with Crippen LogP contribution in [-0.2, 0) is 13.1 Å². The third-order valence-corrected chi connectivity index (χ3v) is 2.80. The number of hydrogen-bond acceptors (Lipinski definition) is 3. The highest BCUT2D eigenvalue weighted by molar-refractivity contribution is 5.25. The molecular formula is C14H18N2O. The Morgan fingerprint density at radius 2 is 1.94 bits per heavy atom. The first-order valence-electron chi connectivity index (χ1n) is 5.80. The highest BCUT2D eigenvalue weighted by Crippen LogP contribution is 2.12. The van der Waals surface area contributed by atoms with Gasteiger partial charge in [0, 0.05) is 12.6 Å². The Morgan fingerprint density at radius 3 is 2.59 bits per heavy atom. The highest BCUT2D eigenvalue weighted by Gasteiger charge is 2.07. The van der Waals surface area contributed by atoms with Gasteiger partial charge in [-0.15, -0.1) is 0 Å². The summed E-state index contributed by atoms with van der Waals surface area (Å²) in [5.41, 5.74) is 3.61. The summed E-state index contributed by atoms with van der Waals surface area (Å²) >= 11 is 0. The number of aromatic nitrogens is 1. The molecule has 17 heavy (non-hydrogen) atoms. The molecule has 0 aliphatic heterocycles. The molecule has 1 heterocycles. The molecule has 0 aliphatic carbocycles. The Morgan fingerprint density at radius 1 is 1.18 bits per heavy atom. The molecular weight excluding hydrogens is 212 g/mol. The molecule has 2 rings (SSSR count). The van der Waals surface area contributed by atoms with Gasteiger partial charge in [0.25, 0.3) is 0 Å². The van der Waals surface area contributed by atoms with E-state index >= 15 is 0 Å². The van der Waals surface area contributed by atoms with Gasteiger partial charge in [0.15, 0.2) is 5.76 Å². The maximum Gasteiger partial charge on any atom is 0.150 e. The van der Waals surface area contributed by atoms with Crippen LogP contribution in [-0.4, -0.2) is 17.1 Å². The molecule has 0 spiro atoms. The molecule has 3 nitrogen and oxygen atoms in total. The van der Waals surface area contributed by atoms with Crippen LogP contribution < -0.4 is 0 Å². The average molecular weight is 230 g/mol. The molecule has 2 aromatic rings. The Hall–Kier alpha value is -1.61. The summed E-state index contributed by atoms with van der Waals surface area (Å²) in [6.45, 7) is 5.79. The summed E-state index contributed by atoms with van der Waals surface area (Å²) in [4.78, 5) is 2.22. The minimum Gasteiger partial charge on any atom is -0.360 e. The van der Waals surface area contributed by atoms with E-state index in [4.69, 9.17) is 4.52 Å². The van der Waals surface area contributed by atoms with Gasteiger partial charge < -0.3 is 4.52 Å². The second-order valence-electron chi connectivity index (χ2n) is 4.53. The van der Waals surface area contributed by atoms with E-state index < -0.39 is 0 Å². The van der Waals surface area contributed by atoms with Crippen molar-refractivity contribution in [2.45, 2.75) is 26.9 Å². The van der Waals surface area contributed by atoms with Crippen LogP contribution in [0.5, 0.6) is 0 Å². The lowest BCUT2D eigenvalue weighted by Gasteiger charge is -2.16. The monoisotopic (exact) mass is 230 g/mol. The zero-order chi connectivity index (χ0) is 12.3. The van der Waals surface area contributed by atoms with Crippen LogP contribution >= 0.6 is 0 Å². The zero-order valence-electron chi connectivity index (χ0n) is 10.6. The zero-order valence-corrected chi connectivity index (χ0v) is 10.6. The molecule has 3 heteroatoms. The predicted octanol–water partition coefficient (Wildman–Crippen LogP) is 2.92. The van der Waals surface area contributed by atoms with Crippen molar-refractivity contribution in [3.05, 3.63) is 52.9 Å². The fourth-order valence-corrected chi connectivity index (χ4v) is 1.89. The SMILES string of the molecule is Cc1cc(CN(C)Cc2ccccc2C)on1. The van der Waals surface area contributed by atoms with Crippen LogP contribution in [0.2, 0.25) is 0 Å². The lowest BCUT2D eigenvalue weighted by molar-refractivity contribution is 0.265. The van der Waals surface area contributed by atoms with Crippen molar-refractivity contribution in [2.75, 3.05) is 7.05 Å². The molecule has 0 atom stereocenters. The fraction of sp³-hybridized carbons (Fsp3) is 0.357. The standard InChI is InChI=1S/C14H18N2O/c1-11-6-4-5-7-13(11)9-16(3)10-14-8-12(2)15-17-14/h4-8H,9-10H2,1-3H3. The quantitative estimate of drug-likeness (QED) is 0.808. The highest BCUT2D eigenvalue weighted by atomic mass is 16.5. The molecule has 0 bridgehead atoms. The molecule has 0 saturated heterocycles. The molecule has 90 valence electrons. The van der Waals surface area contributed by atoms with Crippen molar-refractivity contribution < 1.29 is 4.52 Å². The van der Waals surface area contributed by atoms with E-state index in [-0.39, 0.29) is 0 Å². The third kappa shape index (κ3) is 3.17. The van der Waals surface area contributed by atoms with Gasteiger partial charge in [0.2, 0.25) is 0 Å². The Kier molecular flexibility index (Phi) is 3.59. The minimum absolute atomic E-state index is 0.787. The van der Waals surface area contributed by atoms with Gasteiger partial charge in [-0.3, -0.25) is 4.90 Å². The summed E-state index contributed by atoms with van der Waals surface area (Å²) in [7, 11) is 2.09. The van der Waals surface area contributed by atoms with Gasteiger partial charge in [-0.2, -0.15) is 0 Å². The molecule has 0 aliphatic rings. The summed E-state index contributed by atoms with van der Waals surface area (Å²) < 4.78 is 5.21. The molecule has 0 radical (unpaired) electrons. The van der Waals surface area contributed by atoms with Gasteiger partial charge in [-0.25, -0.2) is 0 Å². The van der Waals surface area contributed by atoms with E-state index in [1.807, 2.05) is 13.0 Å². The second-order valence-corrected chi connectivity index (χ2v) is 4.53. The van der Waals surface area contributed by atoms with E-state index in [1.54, 1.807) is 0 Å². The first kappa shape index (κ1) is 11.9. The van der Waals surface area contributed by atoms with Crippen LogP contribution in [0.3, 0.4) is 0 Å². The fourth-order valence-electron chi connectivity index (χ4n) is 1.89. The van der Waals surface area contributed by atoms with Crippen molar-refractivity contribution in [1.29, 1.82) is 0 Å². The predicted molar refractivity (Wildman–Crippen MR) is 67.6 cm³/mol. The first-order chi connectivity index (χ1) is 8.15. The molecule has 0 fully saturated rings. The maximum atomic E-state index is 5.21. The van der Waals surface area contributed by atoms with Crippen molar-refractivity contribution in [2.24, 2.45) is 0 Å². The maximum absolute atomic E-state index is 5.21. The molecule has 0 N–H and O–H groups in total. The van der Waals surface area contributed by atoms with E-state index in [0.717, 1.165) is 24.5 Å². The lowest BCUT2D eigenvalue weighted by Crippen LogP contribution is -2.17. The topological polar surface area (TPSA) is 29.3 Å². The second kappa shape index (κ2) is 5.15. The molecule has 0 saturated carbocycles. The van der Waals surface area contributed by atoms with Gasteiger partial charge in [0.1, 0.15) is 0 Å². The largest absolute Gasteiger partial charge is 0.360 e. The van der Waals surface area contributed by atoms with E-state index in [9.17, 15) is 0 Å². The van der Waals surface area contributed by atoms with Crippen LogP contribution in [0, 0.1) is 13.8 Å². The first-order valence-corrected chi connectivity index (χ1v) is 5.80. The van der Waals surface area contributed by atoms with Gasteiger partial charge in [0.05, 0.1) is 12.2 Å². The van der Waals surface area contributed by atoms with Crippen molar-refractivity contribution in [3.63, 3.8) is 0 Å². The molecule has 0 amide bonds. The van der Waals surface area contributed by atoms with Crippen LogP contribution in [0.4, 0.5) is 0 Å². The number of aryl methyl sites for hydroxylation is 2. The van der Waals surface area contributed by atoms with Crippen LogP contribution in [0.1, 0.15) is 22.6 Å². The van der Waals surface area contributed by atoms with Crippen LogP contribution in [0.15, 0.2) is 34.9 Å². The number of rotatable bonds is 4. The van der Waals surface area contributed by atoms with E-state index in [1.165, 1.54) is 11.1 Å². The van der Waals surface area contributed by atoms with E-state index in [0.29, 0.717) is 0 Å². The Balaban J connectivity index is 1.98. The normalized spacial score (nSPS) is 11.1. The summed E-state index contributed by atoms with van der Waals surface area (Å²) in [5, 5.41) is 3.89. The third-order valence-electron chi connectivity index (χ3n) is 2.80. The van der Waals surface area contributed by atoms with Gasteiger partial charge >= 0.3 is 0 Å². The molecule has 0 unspecified atom stereocenters. The lowest BCUT2D eigenvalue weighted by atomic mass is 10.1. The Labute approximate surface area is 102 Å². The average Bonchev–Trinajstić information content (AvgIpc) is 2.67. The van der Waals surface area contributed by atoms with Crippen molar-refractivity contribution >= 4 is 0 Å². The van der Waals surface area contributed by atoms with Crippen molar-refractivity contribution in [1.82, 2.24) is 10.1 Å². The van der Waals surface area contributed by atoms with Gasteiger partial charge in [-0.1, -0.05) is 29.4 Å². The minimum atomic E-state index is 0.787. The molecule has 1 aromatic carbocycles. The van der Waals surface area contributed by atoms with Gasteiger partial charge in [-0.05, 0) is 32.0 Å². The number of benzene rings is 1.